The van der Waals surface area contributed by atoms with E-state index in [1.54, 1.807) is 6.07 Å². The lowest BCUT2D eigenvalue weighted by atomic mass is 10.1. The van der Waals surface area contributed by atoms with Gasteiger partial charge < -0.3 is 9.64 Å². The number of unbranched alkanes of at least 4 members (excludes halogenated alkanes) is 1. The van der Waals surface area contributed by atoms with E-state index in [4.69, 9.17) is 10.00 Å². The highest BCUT2D eigenvalue weighted by molar-refractivity contribution is 5.93. The van der Waals surface area contributed by atoms with Gasteiger partial charge in [-0.15, -0.1) is 0 Å². The van der Waals surface area contributed by atoms with Crippen LogP contribution in [0.4, 0.5) is 5.69 Å². The van der Waals surface area contributed by atoms with Crippen LogP contribution in [0.1, 0.15) is 25.5 Å². The Hall–Kier alpha value is -2.28. The fourth-order valence-corrected chi connectivity index (χ4v) is 2.04. The number of aromatic nitrogens is 1. The smallest absolute Gasteiger partial charge is 0.143 e. The third-order valence-electron chi connectivity index (χ3n) is 3.12. The largest absolute Gasteiger partial charge is 0.494 e. The molecule has 0 aliphatic carbocycles. The molecular formula is C16H19N3O. The van der Waals surface area contributed by atoms with E-state index in [1.807, 2.05) is 37.2 Å². The summed E-state index contributed by atoms with van der Waals surface area (Å²) in [7, 11) is 3.92. The molecule has 0 N–H and O–H groups in total. The molecule has 20 heavy (non-hydrogen) atoms. The van der Waals surface area contributed by atoms with E-state index in [9.17, 15) is 0 Å². The molecule has 0 spiro atoms. The molecule has 0 bridgehead atoms. The number of ether oxygens (including phenoxy) is 1. The summed E-state index contributed by atoms with van der Waals surface area (Å²) in [4.78, 5) is 6.32. The number of nitrogens with zero attached hydrogens (tertiary/aromatic N) is 3. The van der Waals surface area contributed by atoms with Crippen LogP contribution in [0.25, 0.3) is 10.9 Å². The van der Waals surface area contributed by atoms with Crippen molar-refractivity contribution in [1.29, 1.82) is 5.26 Å². The van der Waals surface area contributed by atoms with Gasteiger partial charge in [0.15, 0.2) is 0 Å². The Morgan fingerprint density at radius 2 is 2.10 bits per heavy atom. The quantitative estimate of drug-likeness (QED) is 0.781. The van der Waals surface area contributed by atoms with Crippen LogP contribution in [0.3, 0.4) is 0 Å². The summed E-state index contributed by atoms with van der Waals surface area (Å²) in [6.07, 6.45) is 2.16. The first kappa shape index (κ1) is 14.1. The first-order valence-electron chi connectivity index (χ1n) is 6.80. The second-order valence-electron chi connectivity index (χ2n) is 4.91. The van der Waals surface area contributed by atoms with E-state index < -0.39 is 0 Å². The molecule has 0 atom stereocenters. The summed E-state index contributed by atoms with van der Waals surface area (Å²) < 4.78 is 5.73. The average Bonchev–Trinajstić information content (AvgIpc) is 2.46. The van der Waals surface area contributed by atoms with E-state index in [-0.39, 0.29) is 0 Å². The van der Waals surface area contributed by atoms with E-state index in [0.717, 1.165) is 41.8 Å². The maximum Gasteiger partial charge on any atom is 0.143 e. The molecule has 0 saturated carbocycles. The van der Waals surface area contributed by atoms with Gasteiger partial charge in [0.2, 0.25) is 0 Å². The lowest BCUT2D eigenvalue weighted by Gasteiger charge is -2.16. The second-order valence-corrected chi connectivity index (χ2v) is 4.91. The van der Waals surface area contributed by atoms with Crippen LogP contribution >= 0.6 is 0 Å². The molecule has 2 rings (SSSR count). The summed E-state index contributed by atoms with van der Waals surface area (Å²) in [6.45, 7) is 2.87. The van der Waals surface area contributed by atoms with Crippen molar-refractivity contribution in [3.8, 4) is 11.8 Å². The van der Waals surface area contributed by atoms with Gasteiger partial charge in [0.1, 0.15) is 17.5 Å². The molecule has 1 aromatic carbocycles. The molecule has 2 aromatic rings. The van der Waals surface area contributed by atoms with Crippen LogP contribution < -0.4 is 9.64 Å². The molecule has 0 saturated heterocycles. The first-order chi connectivity index (χ1) is 9.65. The van der Waals surface area contributed by atoms with Gasteiger partial charge in [-0.2, -0.15) is 5.26 Å². The minimum atomic E-state index is 0.431. The molecule has 4 nitrogen and oxygen atoms in total. The standard InChI is InChI=1S/C16H19N3O/c1-4-5-8-20-13-6-7-15-14(10-13)16(19(2)3)9-12(11-17)18-15/h6-7,9-10H,4-5,8H2,1-3H3. The van der Waals surface area contributed by atoms with Gasteiger partial charge in [-0.25, -0.2) is 4.98 Å². The second kappa shape index (κ2) is 6.25. The lowest BCUT2D eigenvalue weighted by Crippen LogP contribution is -2.10. The van der Waals surface area contributed by atoms with Gasteiger partial charge in [-0.3, -0.25) is 0 Å². The predicted octanol–water partition coefficient (Wildman–Crippen LogP) is 3.35. The van der Waals surface area contributed by atoms with Gasteiger partial charge in [0.05, 0.1) is 12.1 Å². The Balaban J connectivity index is 2.44. The fraction of sp³-hybridized carbons (Fsp3) is 0.375. The highest BCUT2D eigenvalue weighted by Gasteiger charge is 2.09. The van der Waals surface area contributed by atoms with Crippen molar-refractivity contribution >= 4 is 16.6 Å². The van der Waals surface area contributed by atoms with E-state index in [0.29, 0.717) is 5.69 Å². The number of pyridine rings is 1. The molecule has 0 unspecified atom stereocenters. The van der Waals surface area contributed by atoms with Crippen LogP contribution in [0.15, 0.2) is 24.3 Å². The van der Waals surface area contributed by atoms with Crippen molar-refractivity contribution in [3.05, 3.63) is 30.0 Å². The van der Waals surface area contributed by atoms with E-state index >= 15 is 0 Å². The molecule has 0 aliphatic heterocycles. The Morgan fingerprint density at radius 3 is 2.75 bits per heavy atom. The van der Waals surface area contributed by atoms with Gasteiger partial charge in [0, 0.05) is 25.2 Å². The molecule has 0 aliphatic rings. The van der Waals surface area contributed by atoms with Crippen LogP contribution in [0, 0.1) is 11.3 Å². The molecule has 0 fully saturated rings. The van der Waals surface area contributed by atoms with Crippen molar-refractivity contribution in [2.24, 2.45) is 0 Å². The predicted molar refractivity (Wildman–Crippen MR) is 81.2 cm³/mol. The van der Waals surface area contributed by atoms with E-state index in [2.05, 4.69) is 18.0 Å². The van der Waals surface area contributed by atoms with Crippen molar-refractivity contribution in [3.63, 3.8) is 0 Å². The number of hydrogen-bond acceptors (Lipinski definition) is 4. The van der Waals surface area contributed by atoms with Gasteiger partial charge in [0.25, 0.3) is 0 Å². The average molecular weight is 269 g/mol. The lowest BCUT2D eigenvalue weighted by molar-refractivity contribution is 0.310. The first-order valence-corrected chi connectivity index (χ1v) is 6.80. The minimum Gasteiger partial charge on any atom is -0.494 e. The third-order valence-corrected chi connectivity index (χ3v) is 3.12. The van der Waals surface area contributed by atoms with Crippen LogP contribution in [0.5, 0.6) is 5.75 Å². The molecule has 0 radical (unpaired) electrons. The summed E-state index contributed by atoms with van der Waals surface area (Å²) >= 11 is 0. The summed E-state index contributed by atoms with van der Waals surface area (Å²) in [5.74, 6) is 0.848. The Labute approximate surface area is 119 Å². The third kappa shape index (κ3) is 3.00. The Morgan fingerprint density at radius 1 is 1.30 bits per heavy atom. The number of anilines is 1. The van der Waals surface area contributed by atoms with Crippen LogP contribution in [-0.4, -0.2) is 25.7 Å². The zero-order chi connectivity index (χ0) is 14.5. The summed E-state index contributed by atoms with van der Waals surface area (Å²) in [6, 6.07) is 9.72. The minimum absolute atomic E-state index is 0.431. The highest BCUT2D eigenvalue weighted by Crippen LogP contribution is 2.29. The van der Waals surface area contributed by atoms with Crippen molar-refractivity contribution in [2.45, 2.75) is 19.8 Å². The number of rotatable bonds is 5. The maximum atomic E-state index is 9.05. The Kier molecular flexibility index (Phi) is 4.41. The summed E-state index contributed by atoms with van der Waals surface area (Å²) in [5, 5.41) is 10.0. The van der Waals surface area contributed by atoms with Gasteiger partial charge >= 0.3 is 0 Å². The molecule has 4 heteroatoms. The van der Waals surface area contributed by atoms with Crippen molar-refractivity contribution in [2.75, 3.05) is 25.6 Å². The molecule has 104 valence electrons. The van der Waals surface area contributed by atoms with Crippen molar-refractivity contribution < 1.29 is 4.74 Å². The van der Waals surface area contributed by atoms with Crippen LogP contribution in [-0.2, 0) is 0 Å². The van der Waals surface area contributed by atoms with Crippen LogP contribution in [0.2, 0.25) is 0 Å². The molecular weight excluding hydrogens is 250 g/mol. The van der Waals surface area contributed by atoms with E-state index in [1.165, 1.54) is 0 Å². The number of fused-ring (bicyclic) bond motifs is 1. The number of nitriles is 1. The number of benzene rings is 1. The SMILES string of the molecule is CCCCOc1ccc2nc(C#N)cc(N(C)C)c2c1. The topological polar surface area (TPSA) is 49.1 Å². The summed E-state index contributed by atoms with van der Waals surface area (Å²) in [5.41, 5.74) is 2.23. The van der Waals surface area contributed by atoms with Crippen molar-refractivity contribution in [1.82, 2.24) is 4.98 Å². The zero-order valence-electron chi connectivity index (χ0n) is 12.2. The molecule has 1 heterocycles. The zero-order valence-corrected chi connectivity index (χ0v) is 12.2. The Bertz CT molecular complexity index is 644. The normalized spacial score (nSPS) is 10.3. The van der Waals surface area contributed by atoms with Gasteiger partial charge in [-0.1, -0.05) is 13.3 Å². The molecule has 0 amide bonds. The number of hydrogen-bond donors (Lipinski definition) is 0. The highest BCUT2D eigenvalue weighted by atomic mass is 16.5. The monoisotopic (exact) mass is 269 g/mol. The fourth-order valence-electron chi connectivity index (χ4n) is 2.04. The maximum absolute atomic E-state index is 9.05. The van der Waals surface area contributed by atoms with Gasteiger partial charge in [-0.05, 0) is 30.7 Å². The molecule has 1 aromatic heterocycles.